The molecule has 1 saturated heterocycles. The Bertz CT molecular complexity index is 1030. The number of nitrogens with zero attached hydrogens (tertiary/aromatic N) is 2. The van der Waals surface area contributed by atoms with E-state index in [0.717, 1.165) is 5.56 Å². The summed E-state index contributed by atoms with van der Waals surface area (Å²) in [6.07, 6.45) is -10.1. The number of ether oxygens (including phenoxy) is 1. The lowest BCUT2D eigenvalue weighted by molar-refractivity contribution is -0.200. The number of anilines is 1. The number of hydrogen-bond donors (Lipinski definition) is 2. The molecule has 0 bridgehead atoms. The van der Waals surface area contributed by atoms with E-state index < -0.39 is 61.8 Å². The monoisotopic (exact) mass is 439 g/mol. The van der Waals surface area contributed by atoms with Crippen molar-refractivity contribution in [3.63, 3.8) is 0 Å². The number of carboxylic acids is 1. The lowest BCUT2D eigenvalue weighted by Gasteiger charge is -2.35. The highest BCUT2D eigenvalue weighted by molar-refractivity contribution is 5.68. The molecule has 1 aliphatic rings. The van der Waals surface area contributed by atoms with Crippen molar-refractivity contribution in [3.05, 3.63) is 29.3 Å². The van der Waals surface area contributed by atoms with E-state index in [1.165, 1.54) is 6.07 Å². The standard InChI is InChI=1S/C20H28F3N3O4/c1-14-5-6-16(17(12-14)24-7-3-4-18(27)28)13-25-8-10-26(11-9-25)19(29)30-15(2)20(21,22)23/h5-6,12,15,24H,3-4,7-11,13H2,1-2H3,(H,27,28)/i8D2,9D2,10D2,11D2. The third kappa shape index (κ3) is 7.40. The van der Waals surface area contributed by atoms with Gasteiger partial charge in [-0.2, -0.15) is 13.2 Å². The molecule has 2 N–H and O–H groups in total. The molecule has 1 amide bonds. The largest absolute Gasteiger partial charge is 0.481 e. The van der Waals surface area contributed by atoms with Crippen molar-refractivity contribution < 1.29 is 43.6 Å². The quantitative estimate of drug-likeness (QED) is 0.604. The number of alkyl halides is 3. The van der Waals surface area contributed by atoms with Crippen LogP contribution in [0.5, 0.6) is 0 Å². The Labute approximate surface area is 185 Å². The molecule has 1 unspecified atom stereocenters. The van der Waals surface area contributed by atoms with Gasteiger partial charge in [0.05, 0.1) is 5.48 Å². The fourth-order valence-electron chi connectivity index (χ4n) is 2.34. The first-order chi connectivity index (χ1) is 17.1. The van der Waals surface area contributed by atoms with Gasteiger partial charge in [-0.3, -0.25) is 9.69 Å². The molecular formula is C20H28F3N3O4. The lowest BCUT2D eigenvalue weighted by Crippen LogP contribution is -2.49. The zero-order valence-electron chi connectivity index (χ0n) is 24.3. The maximum atomic E-state index is 12.9. The first-order valence-corrected chi connectivity index (χ1v) is 8.99. The van der Waals surface area contributed by atoms with Gasteiger partial charge in [-0.15, -0.1) is 0 Å². The molecule has 0 aliphatic carbocycles. The third-order valence-corrected chi connectivity index (χ3v) is 3.99. The summed E-state index contributed by atoms with van der Waals surface area (Å²) in [5, 5.41) is 11.8. The normalized spacial score (nSPS) is 26.9. The summed E-state index contributed by atoms with van der Waals surface area (Å²) in [5.41, 5.74) is 1.23. The van der Waals surface area contributed by atoms with Crippen molar-refractivity contribution in [1.29, 1.82) is 0 Å². The number of hydrogen-bond acceptors (Lipinski definition) is 5. The second-order valence-electron chi connectivity index (χ2n) is 6.52. The zero-order valence-corrected chi connectivity index (χ0v) is 16.3. The van der Waals surface area contributed by atoms with Crippen LogP contribution in [-0.2, 0) is 16.1 Å². The number of carbonyl (C=O) groups excluding carboxylic acids is 1. The zero-order chi connectivity index (χ0) is 29.5. The molecule has 0 aromatic heterocycles. The number of halogens is 3. The van der Waals surface area contributed by atoms with Crippen LogP contribution in [0.3, 0.4) is 0 Å². The molecule has 1 fully saturated rings. The number of nitrogens with one attached hydrogen (secondary N) is 1. The van der Waals surface area contributed by atoms with E-state index in [1.54, 1.807) is 19.1 Å². The topological polar surface area (TPSA) is 82.1 Å². The molecule has 7 nitrogen and oxygen atoms in total. The fourth-order valence-corrected chi connectivity index (χ4v) is 2.34. The van der Waals surface area contributed by atoms with Crippen LogP contribution in [0.4, 0.5) is 23.7 Å². The molecule has 1 aromatic carbocycles. The van der Waals surface area contributed by atoms with Crippen LogP contribution in [0, 0.1) is 6.92 Å². The number of rotatable bonds is 8. The van der Waals surface area contributed by atoms with Gasteiger partial charge >= 0.3 is 18.2 Å². The summed E-state index contributed by atoms with van der Waals surface area (Å²) in [7, 11) is 0. The Morgan fingerprint density at radius 2 is 1.97 bits per heavy atom. The van der Waals surface area contributed by atoms with Crippen molar-refractivity contribution >= 4 is 17.7 Å². The van der Waals surface area contributed by atoms with Gasteiger partial charge in [-0.1, -0.05) is 12.1 Å². The Balaban J connectivity index is 2.49. The van der Waals surface area contributed by atoms with E-state index in [2.05, 4.69) is 10.1 Å². The molecule has 30 heavy (non-hydrogen) atoms. The molecule has 1 heterocycles. The van der Waals surface area contributed by atoms with E-state index in [0.29, 0.717) is 12.6 Å². The Morgan fingerprint density at radius 3 is 2.57 bits per heavy atom. The number of amides is 1. The maximum Gasteiger partial charge on any atom is 0.425 e. The van der Waals surface area contributed by atoms with Gasteiger partial charge in [0.15, 0.2) is 6.10 Å². The second kappa shape index (κ2) is 10.5. The predicted octanol–water partition coefficient (Wildman–Crippen LogP) is 3.48. The molecular weight excluding hydrogens is 403 g/mol. The highest BCUT2D eigenvalue weighted by Gasteiger charge is 2.40. The van der Waals surface area contributed by atoms with Crippen LogP contribution in [0.2, 0.25) is 0 Å². The number of benzene rings is 1. The highest BCUT2D eigenvalue weighted by Crippen LogP contribution is 2.24. The highest BCUT2D eigenvalue weighted by atomic mass is 19.4. The van der Waals surface area contributed by atoms with Crippen LogP contribution in [0.15, 0.2) is 18.2 Å². The van der Waals surface area contributed by atoms with Crippen molar-refractivity contribution in [2.24, 2.45) is 0 Å². The van der Waals surface area contributed by atoms with E-state index in [4.69, 9.17) is 16.1 Å². The van der Waals surface area contributed by atoms with Gasteiger partial charge < -0.3 is 20.1 Å². The first kappa shape index (κ1) is 14.5. The molecule has 1 aromatic rings. The Morgan fingerprint density at radius 1 is 1.30 bits per heavy atom. The molecule has 1 atom stereocenters. The second-order valence-corrected chi connectivity index (χ2v) is 6.52. The van der Waals surface area contributed by atoms with Crippen LogP contribution in [0.25, 0.3) is 0 Å². The molecule has 2 rings (SSSR count). The van der Waals surface area contributed by atoms with Crippen LogP contribution >= 0.6 is 0 Å². The average molecular weight is 440 g/mol. The van der Waals surface area contributed by atoms with Crippen LogP contribution in [0.1, 0.15) is 41.9 Å². The van der Waals surface area contributed by atoms with Gasteiger partial charge in [0.25, 0.3) is 0 Å². The van der Waals surface area contributed by atoms with Crippen LogP contribution < -0.4 is 5.32 Å². The van der Waals surface area contributed by atoms with Gasteiger partial charge in [0, 0.05) is 56.7 Å². The van der Waals surface area contributed by atoms with Gasteiger partial charge in [0.2, 0.25) is 0 Å². The summed E-state index contributed by atoms with van der Waals surface area (Å²) >= 11 is 0. The van der Waals surface area contributed by atoms with E-state index in [1.807, 2.05) is 0 Å². The SMILES string of the molecule is [2H]C1([2H])N(Cc2ccc(C)cc2NCCCC(=O)O)C([2H])([2H])C([2H])([2H])N(C(=O)OC(C)C(F)(F)F)C1([2H])[2H]. The van der Waals surface area contributed by atoms with E-state index in [-0.39, 0.29) is 29.8 Å². The van der Waals surface area contributed by atoms with Crippen molar-refractivity contribution in [1.82, 2.24) is 9.80 Å². The number of aryl methyl sites for hydroxylation is 1. The smallest absolute Gasteiger partial charge is 0.425 e. The molecule has 0 radical (unpaired) electrons. The summed E-state index contributed by atoms with van der Waals surface area (Å²) in [6, 6.07) is 4.63. The molecule has 0 saturated carbocycles. The van der Waals surface area contributed by atoms with E-state index >= 15 is 0 Å². The fraction of sp³-hybridized carbons (Fsp3) is 0.600. The number of carboxylic acid groups (broad SMARTS) is 1. The summed E-state index contributed by atoms with van der Waals surface area (Å²) in [5.74, 6) is -1.02. The minimum absolute atomic E-state index is 0.148. The first-order valence-electron chi connectivity index (χ1n) is 13.0. The minimum atomic E-state index is -5.09. The average Bonchev–Trinajstić information content (AvgIpc) is 2.73. The maximum absolute atomic E-state index is 12.9. The van der Waals surface area contributed by atoms with Crippen LogP contribution in [-0.4, -0.2) is 71.8 Å². The minimum Gasteiger partial charge on any atom is -0.481 e. The van der Waals surface area contributed by atoms with Gasteiger partial charge in [-0.25, -0.2) is 4.79 Å². The molecule has 168 valence electrons. The predicted molar refractivity (Wildman–Crippen MR) is 105 cm³/mol. The molecule has 1 aliphatic heterocycles. The third-order valence-electron chi connectivity index (χ3n) is 3.99. The summed E-state index contributed by atoms with van der Waals surface area (Å²) < 4.78 is 109. The molecule has 0 spiro atoms. The van der Waals surface area contributed by atoms with Crippen molar-refractivity contribution in [3.8, 4) is 0 Å². The van der Waals surface area contributed by atoms with E-state index in [9.17, 15) is 22.8 Å². The van der Waals surface area contributed by atoms with Crippen molar-refractivity contribution in [2.75, 3.05) is 37.8 Å². The number of piperazine rings is 1. The Kier molecular flexibility index (Phi) is 5.08. The number of aliphatic carboxylic acids is 1. The summed E-state index contributed by atoms with van der Waals surface area (Å²) in [6.45, 7) is -12.8. The number of carbonyl (C=O) groups is 2. The van der Waals surface area contributed by atoms with Crippen molar-refractivity contribution in [2.45, 2.75) is 45.5 Å². The Hall–Kier alpha value is -2.49. The molecule has 10 heteroatoms. The lowest BCUT2D eigenvalue weighted by atomic mass is 10.1. The van der Waals surface area contributed by atoms with Gasteiger partial charge in [-0.05, 0) is 37.5 Å². The van der Waals surface area contributed by atoms with Gasteiger partial charge in [0.1, 0.15) is 0 Å². The summed E-state index contributed by atoms with van der Waals surface area (Å²) in [4.78, 5) is 22.9.